The van der Waals surface area contributed by atoms with E-state index in [9.17, 15) is 8.42 Å². The number of nitrogens with one attached hydrogen (secondary N) is 1. The van der Waals surface area contributed by atoms with Crippen molar-refractivity contribution in [2.75, 3.05) is 46.9 Å². The molecule has 0 amide bonds. The summed E-state index contributed by atoms with van der Waals surface area (Å²) in [5.41, 5.74) is 0. The molecule has 0 aromatic heterocycles. The molecular weight excluding hydrogens is 254 g/mol. The van der Waals surface area contributed by atoms with Crippen LogP contribution in [0, 0.1) is 0 Å². The van der Waals surface area contributed by atoms with E-state index < -0.39 is 10.2 Å². The third-order valence-electron chi connectivity index (χ3n) is 3.03. The molecule has 0 aromatic rings. The molecule has 6 nitrogen and oxygen atoms in total. The SMILES string of the molecule is CNCCCN(C)S(=O)(=O)N1CCCOC(C)C1. The summed E-state index contributed by atoms with van der Waals surface area (Å²) < 4.78 is 33.1. The van der Waals surface area contributed by atoms with E-state index in [4.69, 9.17) is 4.74 Å². The minimum absolute atomic E-state index is 0.0343. The summed E-state index contributed by atoms with van der Waals surface area (Å²) in [4.78, 5) is 0. The number of hydrogen-bond acceptors (Lipinski definition) is 4. The lowest BCUT2D eigenvalue weighted by atomic mass is 10.4. The Bertz CT molecular complexity index is 334. The summed E-state index contributed by atoms with van der Waals surface area (Å²) >= 11 is 0. The molecule has 0 aromatic carbocycles. The average molecular weight is 279 g/mol. The molecule has 108 valence electrons. The molecule has 0 radical (unpaired) electrons. The van der Waals surface area contributed by atoms with Crippen molar-refractivity contribution in [1.82, 2.24) is 13.9 Å². The highest BCUT2D eigenvalue weighted by Crippen LogP contribution is 2.13. The normalized spacial score (nSPS) is 23.2. The van der Waals surface area contributed by atoms with E-state index in [1.165, 1.54) is 8.61 Å². The molecule has 0 bridgehead atoms. The van der Waals surface area contributed by atoms with Gasteiger partial charge in [0.05, 0.1) is 6.10 Å². The summed E-state index contributed by atoms with van der Waals surface area (Å²) in [7, 11) is 0.164. The third kappa shape index (κ3) is 4.47. The van der Waals surface area contributed by atoms with Gasteiger partial charge in [0.15, 0.2) is 0 Å². The second-order valence-corrected chi connectivity index (χ2v) is 6.71. The lowest BCUT2D eigenvalue weighted by Gasteiger charge is -2.27. The van der Waals surface area contributed by atoms with E-state index in [-0.39, 0.29) is 6.10 Å². The van der Waals surface area contributed by atoms with Crippen molar-refractivity contribution in [1.29, 1.82) is 0 Å². The van der Waals surface area contributed by atoms with Gasteiger partial charge in [0, 0.05) is 33.3 Å². The molecule has 1 N–H and O–H groups in total. The fraction of sp³-hybridized carbons (Fsp3) is 1.00. The van der Waals surface area contributed by atoms with Crippen LogP contribution in [0.3, 0.4) is 0 Å². The largest absolute Gasteiger partial charge is 0.377 e. The summed E-state index contributed by atoms with van der Waals surface area (Å²) in [6.07, 6.45) is 1.54. The summed E-state index contributed by atoms with van der Waals surface area (Å²) in [6.45, 7) is 4.89. The Morgan fingerprint density at radius 1 is 1.50 bits per heavy atom. The molecule has 1 atom stereocenters. The molecule has 1 unspecified atom stereocenters. The smallest absolute Gasteiger partial charge is 0.281 e. The second kappa shape index (κ2) is 7.40. The van der Waals surface area contributed by atoms with Crippen LogP contribution in [-0.4, -0.2) is 70.0 Å². The minimum atomic E-state index is -3.34. The van der Waals surface area contributed by atoms with E-state index in [0.29, 0.717) is 26.2 Å². The number of hydrogen-bond donors (Lipinski definition) is 1. The zero-order valence-electron chi connectivity index (χ0n) is 11.6. The Labute approximate surface area is 110 Å². The lowest BCUT2D eigenvalue weighted by Crippen LogP contribution is -2.45. The molecule has 0 spiro atoms. The van der Waals surface area contributed by atoms with Gasteiger partial charge in [-0.2, -0.15) is 17.0 Å². The number of nitrogens with zero attached hydrogens (tertiary/aromatic N) is 2. The first-order valence-corrected chi connectivity index (χ1v) is 7.85. The van der Waals surface area contributed by atoms with Gasteiger partial charge < -0.3 is 10.1 Å². The molecule has 18 heavy (non-hydrogen) atoms. The van der Waals surface area contributed by atoms with Crippen molar-refractivity contribution in [3.8, 4) is 0 Å². The Kier molecular flexibility index (Phi) is 6.51. The molecule has 1 aliphatic heterocycles. The van der Waals surface area contributed by atoms with E-state index in [1.54, 1.807) is 7.05 Å². The van der Waals surface area contributed by atoms with Crippen LogP contribution in [0.4, 0.5) is 0 Å². The first kappa shape index (κ1) is 15.8. The van der Waals surface area contributed by atoms with Crippen LogP contribution in [0.5, 0.6) is 0 Å². The van der Waals surface area contributed by atoms with Crippen molar-refractivity contribution >= 4 is 10.2 Å². The summed E-state index contributed by atoms with van der Waals surface area (Å²) in [6, 6.07) is 0. The Balaban J connectivity index is 2.59. The van der Waals surface area contributed by atoms with Gasteiger partial charge in [-0.3, -0.25) is 0 Å². The van der Waals surface area contributed by atoms with Crippen LogP contribution in [0.1, 0.15) is 19.8 Å². The van der Waals surface area contributed by atoms with Crippen molar-refractivity contribution in [3.05, 3.63) is 0 Å². The molecule has 1 aliphatic rings. The monoisotopic (exact) mass is 279 g/mol. The first-order chi connectivity index (χ1) is 8.48. The highest BCUT2D eigenvalue weighted by atomic mass is 32.2. The molecule has 1 fully saturated rings. The molecule has 0 saturated carbocycles. The third-order valence-corrected chi connectivity index (χ3v) is 4.99. The van der Waals surface area contributed by atoms with Gasteiger partial charge >= 0.3 is 0 Å². The Morgan fingerprint density at radius 3 is 2.89 bits per heavy atom. The first-order valence-electron chi connectivity index (χ1n) is 6.46. The highest BCUT2D eigenvalue weighted by molar-refractivity contribution is 7.86. The van der Waals surface area contributed by atoms with Gasteiger partial charge in [-0.15, -0.1) is 0 Å². The van der Waals surface area contributed by atoms with Gasteiger partial charge in [0.1, 0.15) is 0 Å². The molecule has 0 aliphatic carbocycles. The van der Waals surface area contributed by atoms with E-state index in [0.717, 1.165) is 19.4 Å². The van der Waals surface area contributed by atoms with Crippen molar-refractivity contribution < 1.29 is 13.2 Å². The molecular formula is C11H25N3O3S. The van der Waals surface area contributed by atoms with Gasteiger partial charge in [-0.05, 0) is 33.4 Å². The minimum Gasteiger partial charge on any atom is -0.377 e. The van der Waals surface area contributed by atoms with Gasteiger partial charge in [-0.25, -0.2) is 0 Å². The average Bonchev–Trinajstić information content (AvgIpc) is 2.54. The molecule has 1 rings (SSSR count). The Hall–Kier alpha value is -0.210. The number of rotatable bonds is 6. The van der Waals surface area contributed by atoms with Crippen LogP contribution in [0.2, 0.25) is 0 Å². The maximum Gasteiger partial charge on any atom is 0.281 e. The predicted molar refractivity (Wildman–Crippen MR) is 71.7 cm³/mol. The van der Waals surface area contributed by atoms with Gasteiger partial charge in [-0.1, -0.05) is 0 Å². The maximum atomic E-state index is 12.4. The van der Waals surface area contributed by atoms with E-state index in [1.807, 2.05) is 14.0 Å². The second-order valence-electron chi connectivity index (χ2n) is 4.68. The summed E-state index contributed by atoms with van der Waals surface area (Å²) in [5.74, 6) is 0. The lowest BCUT2D eigenvalue weighted by molar-refractivity contribution is 0.0747. The van der Waals surface area contributed by atoms with E-state index >= 15 is 0 Å². The predicted octanol–water partition coefficient (Wildman–Crippen LogP) is -0.117. The maximum absolute atomic E-state index is 12.4. The zero-order valence-corrected chi connectivity index (χ0v) is 12.4. The quantitative estimate of drug-likeness (QED) is 0.689. The van der Waals surface area contributed by atoms with Gasteiger partial charge in [0.25, 0.3) is 10.2 Å². The Morgan fingerprint density at radius 2 is 2.22 bits per heavy atom. The van der Waals surface area contributed by atoms with Crippen LogP contribution in [-0.2, 0) is 14.9 Å². The van der Waals surface area contributed by atoms with E-state index in [2.05, 4.69) is 5.32 Å². The molecule has 7 heteroatoms. The zero-order chi connectivity index (χ0) is 13.6. The van der Waals surface area contributed by atoms with Crippen molar-refractivity contribution in [3.63, 3.8) is 0 Å². The molecule has 1 saturated heterocycles. The van der Waals surface area contributed by atoms with Crippen LogP contribution in [0.25, 0.3) is 0 Å². The highest BCUT2D eigenvalue weighted by Gasteiger charge is 2.29. The van der Waals surface area contributed by atoms with Crippen LogP contribution < -0.4 is 5.32 Å². The number of ether oxygens (including phenoxy) is 1. The van der Waals surface area contributed by atoms with Crippen LogP contribution in [0.15, 0.2) is 0 Å². The fourth-order valence-electron chi connectivity index (χ4n) is 1.96. The van der Waals surface area contributed by atoms with Gasteiger partial charge in [0.2, 0.25) is 0 Å². The van der Waals surface area contributed by atoms with Crippen LogP contribution >= 0.6 is 0 Å². The summed E-state index contributed by atoms with van der Waals surface area (Å²) in [5, 5.41) is 3.02. The van der Waals surface area contributed by atoms with Crippen molar-refractivity contribution in [2.24, 2.45) is 0 Å². The van der Waals surface area contributed by atoms with Crippen molar-refractivity contribution in [2.45, 2.75) is 25.9 Å². The topological polar surface area (TPSA) is 61.9 Å². The fourth-order valence-corrected chi connectivity index (χ4v) is 3.47. The standard InChI is InChI=1S/C11H25N3O3S/c1-11-10-14(8-5-9-17-11)18(15,16)13(3)7-4-6-12-2/h11-12H,4-10H2,1-3H3. The molecule has 1 heterocycles.